The van der Waals surface area contributed by atoms with Crippen molar-refractivity contribution in [2.45, 2.75) is 33.2 Å². The number of likely N-dealkylation sites (tertiary alicyclic amines) is 1. The van der Waals surface area contributed by atoms with Crippen LogP contribution in [0.25, 0.3) is 0 Å². The number of likely N-dealkylation sites (N-methyl/N-ethyl adjacent to an activating group) is 1. The minimum Gasteiger partial charge on any atom is -0.341 e. The number of carbonyl (C=O) groups is 1. The van der Waals surface area contributed by atoms with E-state index in [2.05, 4.69) is 18.7 Å². The van der Waals surface area contributed by atoms with Crippen LogP contribution in [0.5, 0.6) is 0 Å². The van der Waals surface area contributed by atoms with Crippen molar-refractivity contribution in [3.05, 3.63) is 0 Å². The van der Waals surface area contributed by atoms with Crippen LogP contribution in [0.2, 0.25) is 0 Å². The fourth-order valence-corrected chi connectivity index (χ4v) is 2.07. The van der Waals surface area contributed by atoms with E-state index in [1.807, 2.05) is 4.90 Å². The number of hydrogen-bond acceptors (Lipinski definition) is 2. The minimum atomic E-state index is 0.217. The summed E-state index contributed by atoms with van der Waals surface area (Å²) in [5, 5.41) is 0. The zero-order valence-corrected chi connectivity index (χ0v) is 8.92. The SMILES string of the molecule is CCN(CC)C1CCN(C(C)=O)C1. The molecule has 0 bridgehead atoms. The fraction of sp³-hybridized carbons (Fsp3) is 0.900. The molecule has 3 nitrogen and oxygen atoms in total. The van der Waals surface area contributed by atoms with Gasteiger partial charge in [-0.05, 0) is 19.5 Å². The molecule has 1 aliphatic heterocycles. The predicted molar refractivity (Wildman–Crippen MR) is 53.6 cm³/mol. The van der Waals surface area contributed by atoms with Crippen LogP contribution < -0.4 is 0 Å². The van der Waals surface area contributed by atoms with E-state index in [0.717, 1.165) is 32.6 Å². The molecule has 0 saturated carbocycles. The highest BCUT2D eigenvalue weighted by atomic mass is 16.2. The second-order valence-corrected chi connectivity index (χ2v) is 3.63. The van der Waals surface area contributed by atoms with Crippen LogP contribution >= 0.6 is 0 Å². The lowest BCUT2D eigenvalue weighted by Crippen LogP contribution is -2.38. The molecular formula is C10H20N2O. The van der Waals surface area contributed by atoms with E-state index in [0.29, 0.717) is 6.04 Å². The number of carbonyl (C=O) groups excluding carboxylic acids is 1. The van der Waals surface area contributed by atoms with Crippen molar-refractivity contribution in [3.8, 4) is 0 Å². The van der Waals surface area contributed by atoms with Gasteiger partial charge in [-0.25, -0.2) is 0 Å². The van der Waals surface area contributed by atoms with Gasteiger partial charge < -0.3 is 4.90 Å². The minimum absolute atomic E-state index is 0.217. The van der Waals surface area contributed by atoms with E-state index in [-0.39, 0.29) is 5.91 Å². The van der Waals surface area contributed by atoms with Gasteiger partial charge in [0, 0.05) is 26.1 Å². The van der Waals surface area contributed by atoms with Crippen molar-refractivity contribution >= 4 is 5.91 Å². The first-order valence-electron chi connectivity index (χ1n) is 5.18. The van der Waals surface area contributed by atoms with Crippen LogP contribution in [0.4, 0.5) is 0 Å². The molecule has 1 rings (SSSR count). The third-order valence-electron chi connectivity index (χ3n) is 2.94. The van der Waals surface area contributed by atoms with Gasteiger partial charge in [0.2, 0.25) is 5.91 Å². The summed E-state index contributed by atoms with van der Waals surface area (Å²) in [6.07, 6.45) is 1.14. The Morgan fingerprint density at radius 2 is 2.08 bits per heavy atom. The van der Waals surface area contributed by atoms with Crippen LogP contribution in [-0.4, -0.2) is 47.9 Å². The highest BCUT2D eigenvalue weighted by Crippen LogP contribution is 2.14. The second-order valence-electron chi connectivity index (χ2n) is 3.63. The van der Waals surface area contributed by atoms with Crippen molar-refractivity contribution in [1.82, 2.24) is 9.80 Å². The van der Waals surface area contributed by atoms with Gasteiger partial charge in [0.25, 0.3) is 0 Å². The molecule has 0 aromatic carbocycles. The Balaban J connectivity index is 2.43. The molecule has 0 N–H and O–H groups in total. The van der Waals surface area contributed by atoms with Gasteiger partial charge >= 0.3 is 0 Å². The topological polar surface area (TPSA) is 23.6 Å². The van der Waals surface area contributed by atoms with Gasteiger partial charge in [-0.2, -0.15) is 0 Å². The molecule has 0 radical (unpaired) electrons. The molecule has 1 atom stereocenters. The van der Waals surface area contributed by atoms with Gasteiger partial charge in [-0.15, -0.1) is 0 Å². The van der Waals surface area contributed by atoms with Gasteiger partial charge in [0.05, 0.1) is 0 Å². The molecule has 0 aliphatic carbocycles. The summed E-state index contributed by atoms with van der Waals surface area (Å²) in [5.74, 6) is 0.217. The van der Waals surface area contributed by atoms with E-state index in [9.17, 15) is 4.79 Å². The molecule has 3 heteroatoms. The molecule has 0 spiro atoms. The van der Waals surface area contributed by atoms with Crippen LogP contribution in [0, 0.1) is 0 Å². The van der Waals surface area contributed by atoms with Crippen molar-refractivity contribution in [2.24, 2.45) is 0 Å². The third kappa shape index (κ3) is 2.44. The van der Waals surface area contributed by atoms with Gasteiger partial charge in [-0.1, -0.05) is 13.8 Å². The molecule has 1 amide bonds. The summed E-state index contributed by atoms with van der Waals surface area (Å²) < 4.78 is 0. The van der Waals surface area contributed by atoms with E-state index in [1.54, 1.807) is 6.92 Å². The van der Waals surface area contributed by atoms with Crippen LogP contribution in [0.3, 0.4) is 0 Å². The lowest BCUT2D eigenvalue weighted by atomic mass is 10.2. The maximum atomic E-state index is 11.1. The highest BCUT2D eigenvalue weighted by Gasteiger charge is 2.27. The van der Waals surface area contributed by atoms with Crippen molar-refractivity contribution in [3.63, 3.8) is 0 Å². The monoisotopic (exact) mass is 184 g/mol. The van der Waals surface area contributed by atoms with E-state index in [1.165, 1.54) is 0 Å². The second kappa shape index (κ2) is 4.61. The van der Waals surface area contributed by atoms with Crippen molar-refractivity contribution < 1.29 is 4.79 Å². The Morgan fingerprint density at radius 1 is 1.46 bits per heavy atom. The first-order valence-corrected chi connectivity index (χ1v) is 5.18. The van der Waals surface area contributed by atoms with Crippen LogP contribution in [0.1, 0.15) is 27.2 Å². The zero-order chi connectivity index (χ0) is 9.84. The Labute approximate surface area is 80.7 Å². The molecule has 0 aromatic heterocycles. The average Bonchev–Trinajstić information content (AvgIpc) is 2.56. The molecule has 1 saturated heterocycles. The highest BCUT2D eigenvalue weighted by molar-refractivity contribution is 5.73. The normalized spacial score (nSPS) is 22.8. The lowest BCUT2D eigenvalue weighted by molar-refractivity contribution is -0.127. The van der Waals surface area contributed by atoms with Crippen LogP contribution in [0.15, 0.2) is 0 Å². The summed E-state index contributed by atoms with van der Waals surface area (Å²) in [5.41, 5.74) is 0. The molecule has 1 aliphatic rings. The number of rotatable bonds is 3. The fourth-order valence-electron chi connectivity index (χ4n) is 2.07. The molecule has 1 heterocycles. The maximum absolute atomic E-state index is 11.1. The molecule has 13 heavy (non-hydrogen) atoms. The van der Waals surface area contributed by atoms with Crippen molar-refractivity contribution in [2.75, 3.05) is 26.2 Å². The Kier molecular flexibility index (Phi) is 3.72. The third-order valence-corrected chi connectivity index (χ3v) is 2.94. The van der Waals surface area contributed by atoms with Gasteiger partial charge in [-0.3, -0.25) is 9.69 Å². The van der Waals surface area contributed by atoms with Gasteiger partial charge in [0.15, 0.2) is 0 Å². The summed E-state index contributed by atoms with van der Waals surface area (Å²) in [6.45, 7) is 10.1. The Bertz CT molecular complexity index is 178. The van der Waals surface area contributed by atoms with E-state index < -0.39 is 0 Å². The van der Waals surface area contributed by atoms with E-state index in [4.69, 9.17) is 0 Å². The number of hydrogen-bond donors (Lipinski definition) is 0. The number of amides is 1. The molecular weight excluding hydrogens is 164 g/mol. The predicted octanol–water partition coefficient (Wildman–Crippen LogP) is 0.949. The lowest BCUT2D eigenvalue weighted by Gasteiger charge is -2.25. The standard InChI is InChI=1S/C10H20N2O/c1-4-11(5-2)10-6-7-12(8-10)9(3)13/h10H,4-8H2,1-3H3. The Morgan fingerprint density at radius 3 is 2.46 bits per heavy atom. The first kappa shape index (κ1) is 10.5. The number of nitrogens with zero attached hydrogens (tertiary/aromatic N) is 2. The summed E-state index contributed by atoms with van der Waals surface area (Å²) in [7, 11) is 0. The average molecular weight is 184 g/mol. The molecule has 76 valence electrons. The van der Waals surface area contributed by atoms with Gasteiger partial charge in [0.1, 0.15) is 0 Å². The van der Waals surface area contributed by atoms with E-state index >= 15 is 0 Å². The van der Waals surface area contributed by atoms with Crippen molar-refractivity contribution in [1.29, 1.82) is 0 Å². The quantitative estimate of drug-likeness (QED) is 0.652. The summed E-state index contributed by atoms with van der Waals surface area (Å²) in [4.78, 5) is 15.5. The smallest absolute Gasteiger partial charge is 0.219 e. The first-order chi connectivity index (χ1) is 6.19. The molecule has 1 unspecified atom stereocenters. The van der Waals surface area contributed by atoms with Crippen LogP contribution in [-0.2, 0) is 4.79 Å². The summed E-state index contributed by atoms with van der Waals surface area (Å²) >= 11 is 0. The Hall–Kier alpha value is -0.570. The summed E-state index contributed by atoms with van der Waals surface area (Å²) in [6, 6.07) is 0.596. The molecule has 0 aromatic rings. The largest absolute Gasteiger partial charge is 0.341 e. The maximum Gasteiger partial charge on any atom is 0.219 e. The molecule has 1 fully saturated rings. The zero-order valence-electron chi connectivity index (χ0n) is 8.92.